The van der Waals surface area contributed by atoms with Crippen LogP contribution >= 0.6 is 11.6 Å². The van der Waals surface area contributed by atoms with Gasteiger partial charge in [-0.15, -0.1) is 0 Å². The zero-order chi connectivity index (χ0) is 62.3. The molecule has 0 aliphatic carbocycles. The first kappa shape index (κ1) is 66.8. The average molecular weight is 1230 g/mol. The summed E-state index contributed by atoms with van der Waals surface area (Å²) in [6, 6.07) is 42.1. The van der Waals surface area contributed by atoms with E-state index in [1.165, 1.54) is 30.5 Å². The highest BCUT2D eigenvalue weighted by molar-refractivity contribution is 6.32. The first-order valence-electron chi connectivity index (χ1n) is 25.9. The lowest BCUT2D eigenvalue weighted by Gasteiger charge is -2.13. The van der Waals surface area contributed by atoms with Crippen molar-refractivity contribution in [2.24, 2.45) is 5.73 Å². The number of benzene rings is 5. The molecule has 5 aromatic carbocycles. The number of alkyl halides is 6. The van der Waals surface area contributed by atoms with E-state index in [4.69, 9.17) is 46.1 Å². The number of nitrogens with zero attached hydrogens (tertiary/aromatic N) is 6. The number of carbonyl (C=O) groups excluding carboxylic acids is 2. The molecule has 0 atom stereocenters. The highest BCUT2D eigenvalue weighted by Gasteiger charge is 2.30. The number of fused-ring (bicyclic) bond motifs is 3. The molecule has 23 heteroatoms. The number of halogens is 7. The monoisotopic (exact) mass is 1230 g/mol. The van der Waals surface area contributed by atoms with Gasteiger partial charge in [-0.2, -0.15) is 26.3 Å². The molecule has 0 aliphatic rings. The van der Waals surface area contributed by atoms with Gasteiger partial charge < -0.3 is 39.8 Å². The fourth-order valence-corrected chi connectivity index (χ4v) is 7.87. The fourth-order valence-electron chi connectivity index (χ4n) is 7.68. The Morgan fingerprint density at radius 3 is 1.35 bits per heavy atom. The molecular weight excluding hydrogens is 1170 g/mol. The summed E-state index contributed by atoms with van der Waals surface area (Å²) in [4.78, 5) is 46.7. The molecule has 0 spiro atoms. The van der Waals surface area contributed by atoms with Crippen LogP contribution in [0, 0.1) is 0 Å². The highest BCUT2D eigenvalue weighted by Crippen LogP contribution is 2.33. The van der Waals surface area contributed by atoms with E-state index < -0.39 is 23.5 Å². The Morgan fingerprint density at radius 1 is 0.511 bits per heavy atom. The maximum Gasteiger partial charge on any atom is 0.416 e. The van der Waals surface area contributed by atoms with E-state index in [1.54, 1.807) is 113 Å². The van der Waals surface area contributed by atoms with Crippen molar-refractivity contribution in [2.45, 2.75) is 39.4 Å². The number of aldehydes is 2. The van der Waals surface area contributed by atoms with Crippen LogP contribution in [-0.4, -0.2) is 68.9 Å². The summed E-state index contributed by atoms with van der Waals surface area (Å²) in [6.45, 7) is 1.06. The lowest BCUT2D eigenvalue weighted by molar-refractivity contribution is -0.138. The summed E-state index contributed by atoms with van der Waals surface area (Å²) in [5, 5.41) is 14.7. The van der Waals surface area contributed by atoms with Crippen LogP contribution in [-0.2, 0) is 32.0 Å². The van der Waals surface area contributed by atoms with Crippen LogP contribution in [0.1, 0.15) is 56.0 Å². The van der Waals surface area contributed by atoms with Crippen LogP contribution < -0.4 is 34.7 Å². The Balaban J connectivity index is 0.000000190. The van der Waals surface area contributed by atoms with Crippen molar-refractivity contribution in [1.29, 1.82) is 0 Å². The van der Waals surface area contributed by atoms with Gasteiger partial charge in [0.1, 0.15) is 39.7 Å². The third-order valence-electron chi connectivity index (χ3n) is 12.1. The molecule has 0 fully saturated rings. The number of pyridine rings is 6. The summed E-state index contributed by atoms with van der Waals surface area (Å²) in [6.07, 6.45) is 2.27. The topological polar surface area (TPSA) is 216 Å². The van der Waals surface area contributed by atoms with Gasteiger partial charge in [0.15, 0.2) is 12.6 Å². The summed E-state index contributed by atoms with van der Waals surface area (Å²) >= 11 is 5.82. The van der Waals surface area contributed by atoms with Crippen LogP contribution in [0.5, 0.6) is 46.3 Å². The fraction of sp³-hybridized carbons (Fsp3) is 0.138. The molecule has 11 rings (SSSR count). The predicted molar refractivity (Wildman–Crippen MR) is 323 cm³/mol. The van der Waals surface area contributed by atoms with Crippen LogP contribution in [0.25, 0.3) is 32.7 Å². The highest BCUT2D eigenvalue weighted by atomic mass is 35.5. The smallest absolute Gasteiger partial charge is 0.416 e. The quantitative estimate of drug-likeness (QED) is 0.0524. The number of hydrogen-bond acceptors (Lipinski definition) is 16. The maximum atomic E-state index is 12.7. The molecule has 454 valence electrons. The minimum absolute atomic E-state index is 0. The molecule has 0 aliphatic heterocycles. The van der Waals surface area contributed by atoms with Gasteiger partial charge in [-0.05, 0) is 126 Å². The number of nitrogens with one attached hydrogen (secondary N) is 1. The van der Waals surface area contributed by atoms with Gasteiger partial charge in [0, 0.05) is 78.1 Å². The van der Waals surface area contributed by atoms with Crippen molar-refractivity contribution in [3.63, 3.8) is 0 Å². The van der Waals surface area contributed by atoms with Gasteiger partial charge in [-0.1, -0.05) is 43.3 Å². The molecule has 0 radical (unpaired) electrons. The number of aromatic hydroxyl groups is 1. The van der Waals surface area contributed by atoms with Crippen LogP contribution in [0.4, 0.5) is 26.3 Å². The van der Waals surface area contributed by atoms with Gasteiger partial charge in [-0.3, -0.25) is 24.5 Å². The molecular formula is C65H57ClF6N8O8. The Hall–Kier alpha value is -10.3. The van der Waals surface area contributed by atoms with Gasteiger partial charge in [0.2, 0.25) is 11.8 Å². The minimum Gasteiger partial charge on any atom is -0.506 e. The van der Waals surface area contributed by atoms with E-state index >= 15 is 0 Å². The number of aromatic nitrogens is 6. The van der Waals surface area contributed by atoms with Crippen molar-refractivity contribution in [3.05, 3.63) is 239 Å². The van der Waals surface area contributed by atoms with E-state index in [1.807, 2.05) is 48.5 Å². The Bertz CT molecular complexity index is 4010. The van der Waals surface area contributed by atoms with E-state index in [0.717, 1.165) is 63.4 Å². The molecule has 4 N–H and O–H groups in total. The second kappa shape index (κ2) is 32.3. The third-order valence-corrected chi connectivity index (χ3v) is 12.4. The molecule has 88 heavy (non-hydrogen) atoms. The largest absolute Gasteiger partial charge is 0.506 e. The summed E-state index contributed by atoms with van der Waals surface area (Å²) < 4.78 is 101. The van der Waals surface area contributed by atoms with Crippen molar-refractivity contribution in [3.8, 4) is 46.3 Å². The lowest BCUT2D eigenvalue weighted by atomic mass is 10.1. The van der Waals surface area contributed by atoms with Crippen molar-refractivity contribution >= 4 is 56.9 Å². The van der Waals surface area contributed by atoms with Crippen LogP contribution in [0.15, 0.2) is 195 Å². The summed E-state index contributed by atoms with van der Waals surface area (Å²) in [7, 11) is 4.77. The Morgan fingerprint density at radius 2 is 0.943 bits per heavy atom. The minimum atomic E-state index is -4.34. The Labute approximate surface area is 506 Å². The summed E-state index contributed by atoms with van der Waals surface area (Å²) in [5.41, 5.74) is 9.07. The molecule has 0 unspecified atom stereocenters. The molecule has 6 heterocycles. The molecule has 6 aromatic heterocycles. The molecule has 0 saturated heterocycles. The standard InChI is InChI=1S/C24H20F3N3O2.C16H12N2O3.C11H8ClNO2.C8H8F3N.C5H5NO.CH4/c1-31-20-9-6-17-11-18(14-29-13-16-4-7-19(8-5-16)24(25,26)27)23(30-22(17)12-20)32-21-3-2-10-28-15-21;1-20-13-5-4-11-7-12(10-19)16(18-15(11)8-13)21-14-3-2-6-17-9-14;1-15-9-3-2-7-4-8(6-14)11(12)13-10(7)5-9;9-8(10,11)7-3-1-6(5-12)2-4-7;7-5-2-1-3-6-4-5;/h2-12,15,29H,13-14H2,1H3;2-10H,1H3;2-6H,1H3;1-4H,5,12H2;1-4,7H;1H4. The molecule has 0 saturated carbocycles. The predicted octanol–water partition coefficient (Wildman–Crippen LogP) is 15.3. The first-order chi connectivity index (χ1) is 41.9. The number of ether oxygens (including phenoxy) is 5. The zero-order valence-electron chi connectivity index (χ0n) is 46.5. The SMILES string of the molecule is C.COc1ccc2cc(C=O)c(Cl)nc2c1.COc1ccc2cc(C=O)c(Oc3cccnc3)nc2c1.COc1ccc2cc(CNCc3ccc(C(F)(F)F)cc3)c(Oc3cccnc3)nc2c1.NCc1ccc(C(F)(F)F)cc1.Oc1cccnc1. The second-order valence-electron chi connectivity index (χ2n) is 18.1. The van der Waals surface area contributed by atoms with E-state index in [-0.39, 0.29) is 30.8 Å². The van der Waals surface area contributed by atoms with Gasteiger partial charge in [-0.25, -0.2) is 15.0 Å². The second-order valence-corrected chi connectivity index (χ2v) is 18.5. The number of nitrogens with two attached hydrogens (primary N) is 1. The van der Waals surface area contributed by atoms with Crippen LogP contribution in [0.3, 0.4) is 0 Å². The number of rotatable bonds is 14. The maximum absolute atomic E-state index is 12.7. The first-order valence-corrected chi connectivity index (χ1v) is 26.3. The number of hydrogen-bond donors (Lipinski definition) is 3. The number of carbonyl (C=O) groups is 2. The summed E-state index contributed by atoms with van der Waals surface area (Å²) in [5.74, 6) is 4.04. The van der Waals surface area contributed by atoms with Crippen molar-refractivity contribution < 1.29 is 64.7 Å². The van der Waals surface area contributed by atoms with E-state index in [0.29, 0.717) is 81.7 Å². The molecule has 16 nitrogen and oxygen atoms in total. The number of methoxy groups -OCH3 is 3. The third kappa shape index (κ3) is 19.6. The zero-order valence-corrected chi connectivity index (χ0v) is 47.2. The molecule has 0 bridgehead atoms. The van der Waals surface area contributed by atoms with Gasteiger partial charge in [0.05, 0.1) is 78.7 Å². The lowest BCUT2D eigenvalue weighted by Crippen LogP contribution is -2.14. The Kier molecular flexibility index (Phi) is 24.5. The van der Waals surface area contributed by atoms with Crippen molar-refractivity contribution in [1.82, 2.24) is 35.2 Å². The van der Waals surface area contributed by atoms with Gasteiger partial charge >= 0.3 is 12.4 Å². The normalized spacial score (nSPS) is 10.7. The van der Waals surface area contributed by atoms with Crippen LogP contribution in [0.2, 0.25) is 5.15 Å². The van der Waals surface area contributed by atoms with Crippen molar-refractivity contribution in [2.75, 3.05) is 21.3 Å². The molecule has 11 aromatic rings. The average Bonchev–Trinajstić information content (AvgIpc) is 1.78. The van der Waals surface area contributed by atoms with E-state index in [2.05, 4.69) is 35.2 Å². The van der Waals surface area contributed by atoms with Gasteiger partial charge in [0.25, 0.3) is 0 Å². The molecule has 0 amide bonds. The van der Waals surface area contributed by atoms with E-state index in [9.17, 15) is 35.9 Å².